The van der Waals surface area contributed by atoms with Gasteiger partial charge in [0.1, 0.15) is 11.3 Å². The molecule has 0 aromatic heterocycles. The van der Waals surface area contributed by atoms with Crippen molar-refractivity contribution < 1.29 is 32.6 Å². The van der Waals surface area contributed by atoms with Crippen LogP contribution in [0.1, 0.15) is 37.8 Å². The number of anilines is 4. The molecule has 3 aromatic carbocycles. The van der Waals surface area contributed by atoms with E-state index in [9.17, 15) is 23.5 Å². The molecule has 3 heterocycles. The Morgan fingerprint density at radius 2 is 1.51 bits per heavy atom. The van der Waals surface area contributed by atoms with E-state index in [2.05, 4.69) is 9.80 Å². The number of para-hydroxylation sites is 1. The molecule has 250 valence electrons. The van der Waals surface area contributed by atoms with Gasteiger partial charge in [-0.2, -0.15) is 0 Å². The molecule has 3 aliphatic heterocycles. The highest BCUT2D eigenvalue weighted by Gasteiger charge is 2.38. The van der Waals surface area contributed by atoms with Crippen molar-refractivity contribution in [2.75, 3.05) is 54.0 Å². The molecule has 8 nitrogen and oxygen atoms in total. The van der Waals surface area contributed by atoms with E-state index in [0.29, 0.717) is 18.8 Å². The molecule has 2 fully saturated rings. The minimum absolute atomic E-state index is 0.00580. The number of carboxylic acid groups (broad SMARTS) is 1. The summed E-state index contributed by atoms with van der Waals surface area (Å²) in [5.41, 5.74) is -2.76. The SMILES string of the molecule is CC.O=C(O)C1=CN(c2ccc(CN3CCCC3)cc2)c2c(cc(F)c(N3CCN(c4ccccc4)CC3)c2OC(F)(F)Cl)CC1=O. The first-order valence-corrected chi connectivity index (χ1v) is 16.2. The van der Waals surface area contributed by atoms with Gasteiger partial charge in [-0.3, -0.25) is 9.69 Å². The van der Waals surface area contributed by atoms with E-state index in [1.54, 1.807) is 17.0 Å². The Morgan fingerprint density at radius 1 is 0.894 bits per heavy atom. The molecule has 0 bridgehead atoms. The van der Waals surface area contributed by atoms with Crippen molar-refractivity contribution in [2.45, 2.75) is 45.2 Å². The first kappa shape index (κ1) is 34.1. The van der Waals surface area contributed by atoms with Crippen molar-refractivity contribution in [1.82, 2.24) is 4.90 Å². The largest absolute Gasteiger partial charge is 0.487 e. The van der Waals surface area contributed by atoms with Crippen molar-refractivity contribution in [2.24, 2.45) is 0 Å². The number of Topliss-reactive ketones (excluding diaryl/α,β-unsaturated/α-hetero) is 1. The number of rotatable bonds is 8. The minimum Gasteiger partial charge on any atom is -0.478 e. The second-order valence-electron chi connectivity index (χ2n) is 11.4. The van der Waals surface area contributed by atoms with Gasteiger partial charge >= 0.3 is 11.5 Å². The number of likely N-dealkylation sites (tertiary alicyclic amines) is 1. The fourth-order valence-corrected chi connectivity index (χ4v) is 6.34. The van der Waals surface area contributed by atoms with Gasteiger partial charge in [0.25, 0.3) is 0 Å². The second kappa shape index (κ2) is 14.7. The number of benzene rings is 3. The normalized spacial score (nSPS) is 17.0. The second-order valence-corrected chi connectivity index (χ2v) is 11.8. The van der Waals surface area contributed by atoms with Crippen LogP contribution in [0.5, 0.6) is 5.75 Å². The van der Waals surface area contributed by atoms with E-state index in [4.69, 9.17) is 16.3 Å². The monoisotopic (exact) mass is 670 g/mol. The first-order valence-electron chi connectivity index (χ1n) is 15.8. The fourth-order valence-electron chi connectivity index (χ4n) is 6.26. The number of hydrogen-bond donors (Lipinski definition) is 1. The van der Waals surface area contributed by atoms with E-state index in [0.717, 1.165) is 56.0 Å². The highest BCUT2D eigenvalue weighted by Crippen LogP contribution is 2.49. The van der Waals surface area contributed by atoms with E-state index in [1.807, 2.05) is 56.3 Å². The van der Waals surface area contributed by atoms with Crippen LogP contribution in [-0.2, 0) is 22.6 Å². The summed E-state index contributed by atoms with van der Waals surface area (Å²) < 4.78 is 50.0. The lowest BCUT2D eigenvalue weighted by Gasteiger charge is -2.39. The third-order valence-electron chi connectivity index (χ3n) is 8.40. The number of aliphatic carboxylic acids is 1. The number of piperazine rings is 1. The van der Waals surface area contributed by atoms with Gasteiger partial charge in [-0.25, -0.2) is 9.18 Å². The van der Waals surface area contributed by atoms with Gasteiger partial charge in [0, 0.05) is 68.3 Å². The van der Waals surface area contributed by atoms with Gasteiger partial charge < -0.3 is 24.5 Å². The number of ketones is 1. The summed E-state index contributed by atoms with van der Waals surface area (Å²) in [6.07, 6.45) is 2.81. The summed E-state index contributed by atoms with van der Waals surface area (Å²) in [5.74, 6) is -3.75. The number of alkyl halides is 3. The number of ether oxygens (including phenoxy) is 1. The number of halogens is 4. The molecule has 0 atom stereocenters. The van der Waals surface area contributed by atoms with Crippen LogP contribution in [0.4, 0.5) is 35.9 Å². The molecule has 6 rings (SSSR count). The Morgan fingerprint density at radius 3 is 2.11 bits per heavy atom. The standard InChI is InChI=1S/C33H32ClF3N4O4.C2H6/c34-33(36,37)45-31-29-23(18-27(35)30(31)40-16-14-39(15-17-40)24-6-2-1-3-7-24)19-28(42)26(32(43)44)21-41(29)25-10-8-22(9-11-25)20-38-12-4-5-13-38;1-2/h1-3,6-11,18,21H,4-5,12-17,19-20H2,(H,43,44);1-2H3. The summed E-state index contributed by atoms with van der Waals surface area (Å²) >= 11 is 5.32. The van der Waals surface area contributed by atoms with Crippen LogP contribution in [0.2, 0.25) is 0 Å². The minimum atomic E-state index is -4.23. The van der Waals surface area contributed by atoms with Crippen LogP contribution in [0.3, 0.4) is 0 Å². The number of carboxylic acids is 1. The quantitative estimate of drug-likeness (QED) is 0.200. The summed E-state index contributed by atoms with van der Waals surface area (Å²) in [4.78, 5) is 32.6. The van der Waals surface area contributed by atoms with Gasteiger partial charge in [0.15, 0.2) is 17.3 Å². The van der Waals surface area contributed by atoms with Gasteiger partial charge in [0.2, 0.25) is 0 Å². The van der Waals surface area contributed by atoms with Crippen molar-refractivity contribution in [3.63, 3.8) is 0 Å². The van der Waals surface area contributed by atoms with Crippen molar-refractivity contribution >= 4 is 46.1 Å². The van der Waals surface area contributed by atoms with Crippen LogP contribution < -0.4 is 19.4 Å². The lowest BCUT2D eigenvalue weighted by molar-refractivity contribution is -0.134. The van der Waals surface area contributed by atoms with E-state index in [1.165, 1.54) is 4.90 Å². The molecule has 12 heteroatoms. The lowest BCUT2D eigenvalue weighted by Crippen LogP contribution is -2.47. The predicted octanol–water partition coefficient (Wildman–Crippen LogP) is 7.17. The van der Waals surface area contributed by atoms with E-state index in [-0.39, 0.29) is 30.0 Å². The molecule has 0 aliphatic carbocycles. The third-order valence-corrected chi connectivity index (χ3v) is 8.47. The molecule has 0 spiro atoms. The van der Waals surface area contributed by atoms with Crippen LogP contribution in [0, 0.1) is 5.82 Å². The molecular weight excluding hydrogens is 633 g/mol. The topological polar surface area (TPSA) is 76.6 Å². The maximum Gasteiger partial charge on any atom is 0.487 e. The Balaban J connectivity index is 0.00000213. The smallest absolute Gasteiger partial charge is 0.478 e. The summed E-state index contributed by atoms with van der Waals surface area (Å²) in [5, 5.41) is 9.89. The molecule has 1 N–H and O–H groups in total. The zero-order chi connectivity index (χ0) is 33.7. The average Bonchev–Trinajstić information content (AvgIpc) is 3.51. The Hall–Kier alpha value is -4.22. The highest BCUT2D eigenvalue weighted by molar-refractivity contribution is 6.21. The van der Waals surface area contributed by atoms with E-state index < -0.39 is 40.9 Å². The van der Waals surface area contributed by atoms with Crippen LogP contribution in [0.25, 0.3) is 0 Å². The summed E-state index contributed by atoms with van der Waals surface area (Å²) in [7, 11) is 0. The zero-order valence-corrected chi connectivity index (χ0v) is 27.2. The van der Waals surface area contributed by atoms with Gasteiger partial charge in [-0.1, -0.05) is 44.2 Å². The van der Waals surface area contributed by atoms with Crippen LogP contribution in [-0.4, -0.2) is 66.6 Å². The molecule has 0 unspecified atom stereocenters. The lowest BCUT2D eigenvalue weighted by atomic mass is 10.0. The predicted molar refractivity (Wildman–Crippen MR) is 178 cm³/mol. The van der Waals surface area contributed by atoms with Gasteiger partial charge in [-0.05, 0) is 67.4 Å². The van der Waals surface area contributed by atoms with Gasteiger partial charge in [0.05, 0.1) is 5.69 Å². The van der Waals surface area contributed by atoms with Crippen molar-refractivity contribution in [3.05, 3.63) is 89.4 Å². The van der Waals surface area contributed by atoms with E-state index >= 15 is 4.39 Å². The molecule has 2 saturated heterocycles. The molecule has 0 amide bonds. The Kier molecular flexibility index (Phi) is 10.7. The Bertz CT molecular complexity index is 1600. The molecule has 0 saturated carbocycles. The molecule has 3 aromatic rings. The average molecular weight is 671 g/mol. The number of fused-ring (bicyclic) bond motifs is 1. The van der Waals surface area contributed by atoms with Crippen molar-refractivity contribution in [1.29, 1.82) is 0 Å². The third kappa shape index (κ3) is 7.85. The fraction of sp³-hybridized carbons (Fsp3) is 0.371. The number of hydrogen-bond acceptors (Lipinski definition) is 7. The van der Waals surface area contributed by atoms with Gasteiger partial charge in [-0.15, -0.1) is 8.78 Å². The van der Waals surface area contributed by atoms with Crippen LogP contribution in [0.15, 0.2) is 72.4 Å². The summed E-state index contributed by atoms with van der Waals surface area (Å²) in [6, 6.07) is 17.9. The summed E-state index contributed by atoms with van der Waals surface area (Å²) in [6.45, 7) is 8.21. The molecule has 0 radical (unpaired) electrons. The maximum absolute atomic E-state index is 16.0. The van der Waals surface area contributed by atoms with Crippen LogP contribution >= 0.6 is 11.6 Å². The number of nitrogens with zero attached hydrogens (tertiary/aromatic N) is 4. The Labute approximate surface area is 277 Å². The van der Waals surface area contributed by atoms with Crippen molar-refractivity contribution in [3.8, 4) is 5.75 Å². The number of carbonyl (C=O) groups is 2. The molecular formula is C35H38ClF3N4O4. The maximum atomic E-state index is 16.0. The number of carbonyl (C=O) groups excluding carboxylic acids is 1. The zero-order valence-electron chi connectivity index (χ0n) is 26.4. The molecule has 47 heavy (non-hydrogen) atoms. The first-order chi connectivity index (χ1) is 22.6. The highest BCUT2D eigenvalue weighted by atomic mass is 35.5. The molecule has 3 aliphatic rings.